The third-order valence-corrected chi connectivity index (χ3v) is 3.93. The molecule has 0 fully saturated rings. The molecule has 2 aromatic carbocycles. The van der Waals surface area contributed by atoms with E-state index >= 15 is 0 Å². The number of halogens is 2. The van der Waals surface area contributed by atoms with E-state index in [1.54, 1.807) is 32.4 Å². The maximum Gasteiger partial charge on any atom is 0.160 e. The Morgan fingerprint density at radius 2 is 1.62 bits per heavy atom. The molecule has 0 aliphatic carbocycles. The van der Waals surface area contributed by atoms with E-state index in [-0.39, 0.29) is 6.04 Å². The normalized spacial score (nSPS) is 12.0. The van der Waals surface area contributed by atoms with E-state index in [0.29, 0.717) is 28.0 Å². The van der Waals surface area contributed by atoms with Gasteiger partial charge in [0.25, 0.3) is 0 Å². The number of hydrogen-bond acceptors (Lipinski definition) is 3. The Hall–Kier alpha value is -1.42. The zero-order valence-electron chi connectivity index (χ0n) is 11.9. The maximum atomic E-state index is 6.25. The average molecular weight is 326 g/mol. The standard InChI is InChI=1S/C16H17Cl2NO2/c1-20-14-7-6-10(9-15(14)21-2)8-13(19)16-11(17)4-3-5-12(16)18/h3-7,9,13H,8,19H2,1-2H3. The molecule has 5 heteroatoms. The summed E-state index contributed by atoms with van der Waals surface area (Å²) in [6.45, 7) is 0. The summed E-state index contributed by atoms with van der Waals surface area (Å²) < 4.78 is 10.5. The smallest absolute Gasteiger partial charge is 0.160 e. The van der Waals surface area contributed by atoms with Gasteiger partial charge in [-0.25, -0.2) is 0 Å². The third-order valence-electron chi connectivity index (χ3n) is 3.27. The van der Waals surface area contributed by atoms with Crippen molar-refractivity contribution in [2.75, 3.05) is 14.2 Å². The SMILES string of the molecule is COc1ccc(CC(N)c2c(Cl)cccc2Cl)cc1OC. The van der Waals surface area contributed by atoms with Crippen molar-refractivity contribution in [1.82, 2.24) is 0 Å². The third kappa shape index (κ3) is 3.62. The molecule has 0 aliphatic heterocycles. The Labute approximate surface area is 134 Å². The molecular formula is C16H17Cl2NO2. The van der Waals surface area contributed by atoms with Crippen LogP contribution in [0.1, 0.15) is 17.2 Å². The molecule has 0 amide bonds. The molecule has 112 valence electrons. The minimum absolute atomic E-state index is 0.288. The van der Waals surface area contributed by atoms with Crippen LogP contribution < -0.4 is 15.2 Å². The molecule has 21 heavy (non-hydrogen) atoms. The summed E-state index contributed by atoms with van der Waals surface area (Å²) >= 11 is 12.4. The average Bonchev–Trinajstić information content (AvgIpc) is 2.46. The number of methoxy groups -OCH3 is 2. The van der Waals surface area contributed by atoms with Crippen LogP contribution in [-0.2, 0) is 6.42 Å². The van der Waals surface area contributed by atoms with E-state index in [4.69, 9.17) is 38.4 Å². The number of hydrogen-bond donors (Lipinski definition) is 1. The minimum atomic E-state index is -0.288. The molecule has 0 saturated heterocycles. The highest BCUT2D eigenvalue weighted by molar-refractivity contribution is 6.36. The Morgan fingerprint density at radius 3 is 2.19 bits per heavy atom. The molecule has 0 spiro atoms. The maximum absolute atomic E-state index is 6.25. The van der Waals surface area contributed by atoms with Crippen molar-refractivity contribution in [2.45, 2.75) is 12.5 Å². The van der Waals surface area contributed by atoms with Gasteiger partial charge in [-0.15, -0.1) is 0 Å². The summed E-state index contributed by atoms with van der Waals surface area (Å²) in [5, 5.41) is 1.16. The second kappa shape index (κ2) is 7.03. The Balaban J connectivity index is 2.25. The van der Waals surface area contributed by atoms with Crippen molar-refractivity contribution < 1.29 is 9.47 Å². The first-order valence-electron chi connectivity index (χ1n) is 6.47. The fourth-order valence-electron chi connectivity index (χ4n) is 2.23. The van der Waals surface area contributed by atoms with Gasteiger partial charge in [0.2, 0.25) is 0 Å². The lowest BCUT2D eigenvalue weighted by Gasteiger charge is -2.16. The van der Waals surface area contributed by atoms with Gasteiger partial charge in [0.15, 0.2) is 11.5 Å². The van der Waals surface area contributed by atoms with Crippen LogP contribution in [0.15, 0.2) is 36.4 Å². The van der Waals surface area contributed by atoms with Gasteiger partial charge in [-0.2, -0.15) is 0 Å². The molecule has 0 aromatic heterocycles. The van der Waals surface area contributed by atoms with E-state index in [2.05, 4.69) is 0 Å². The van der Waals surface area contributed by atoms with Gasteiger partial charge < -0.3 is 15.2 Å². The van der Waals surface area contributed by atoms with Crippen molar-refractivity contribution in [3.05, 3.63) is 57.6 Å². The molecule has 3 nitrogen and oxygen atoms in total. The lowest BCUT2D eigenvalue weighted by Crippen LogP contribution is -2.14. The van der Waals surface area contributed by atoms with Crippen LogP contribution in [0, 0.1) is 0 Å². The molecular weight excluding hydrogens is 309 g/mol. The predicted octanol–water partition coefficient (Wildman–Crippen LogP) is 4.25. The first kappa shape index (κ1) is 16.0. The van der Waals surface area contributed by atoms with Crippen LogP contribution in [0.5, 0.6) is 11.5 Å². The fourth-order valence-corrected chi connectivity index (χ4v) is 2.91. The molecule has 0 bridgehead atoms. The Kier molecular flexibility index (Phi) is 5.34. The quantitative estimate of drug-likeness (QED) is 0.893. The van der Waals surface area contributed by atoms with E-state index in [9.17, 15) is 0 Å². The van der Waals surface area contributed by atoms with Crippen LogP contribution >= 0.6 is 23.2 Å². The number of nitrogens with two attached hydrogens (primary N) is 1. The molecule has 0 saturated carbocycles. The van der Waals surface area contributed by atoms with Gasteiger partial charge in [-0.3, -0.25) is 0 Å². The highest BCUT2D eigenvalue weighted by Crippen LogP contribution is 2.33. The Bertz CT molecular complexity index is 611. The highest BCUT2D eigenvalue weighted by Gasteiger charge is 2.15. The van der Waals surface area contributed by atoms with Gasteiger partial charge in [0.1, 0.15) is 0 Å². The van der Waals surface area contributed by atoms with Crippen LogP contribution in [-0.4, -0.2) is 14.2 Å². The van der Waals surface area contributed by atoms with Gasteiger partial charge in [-0.1, -0.05) is 35.3 Å². The van der Waals surface area contributed by atoms with Crippen molar-refractivity contribution in [3.8, 4) is 11.5 Å². The molecule has 1 unspecified atom stereocenters. The van der Waals surface area contributed by atoms with Crippen LogP contribution in [0.4, 0.5) is 0 Å². The van der Waals surface area contributed by atoms with E-state index in [1.165, 1.54) is 0 Å². The summed E-state index contributed by atoms with van der Waals surface area (Å²) in [6, 6.07) is 10.8. The fraction of sp³-hybridized carbons (Fsp3) is 0.250. The lowest BCUT2D eigenvalue weighted by atomic mass is 9.99. The zero-order chi connectivity index (χ0) is 15.4. The summed E-state index contributed by atoms with van der Waals surface area (Å²) in [6.07, 6.45) is 0.601. The molecule has 2 aromatic rings. The summed E-state index contributed by atoms with van der Waals surface area (Å²) in [5.41, 5.74) is 8.03. The highest BCUT2D eigenvalue weighted by atomic mass is 35.5. The topological polar surface area (TPSA) is 44.5 Å². The van der Waals surface area contributed by atoms with Crippen molar-refractivity contribution in [1.29, 1.82) is 0 Å². The lowest BCUT2D eigenvalue weighted by molar-refractivity contribution is 0.354. The molecule has 2 rings (SSSR count). The second-order valence-corrected chi connectivity index (χ2v) is 5.45. The van der Waals surface area contributed by atoms with Crippen molar-refractivity contribution in [3.63, 3.8) is 0 Å². The van der Waals surface area contributed by atoms with Gasteiger partial charge in [-0.05, 0) is 36.2 Å². The van der Waals surface area contributed by atoms with Crippen molar-refractivity contribution >= 4 is 23.2 Å². The largest absolute Gasteiger partial charge is 0.493 e. The van der Waals surface area contributed by atoms with Gasteiger partial charge in [0, 0.05) is 21.7 Å². The molecule has 2 N–H and O–H groups in total. The van der Waals surface area contributed by atoms with E-state index in [1.807, 2.05) is 18.2 Å². The molecule has 1 atom stereocenters. The minimum Gasteiger partial charge on any atom is -0.493 e. The van der Waals surface area contributed by atoms with E-state index < -0.39 is 0 Å². The predicted molar refractivity (Wildman–Crippen MR) is 86.6 cm³/mol. The second-order valence-electron chi connectivity index (χ2n) is 4.64. The summed E-state index contributed by atoms with van der Waals surface area (Å²) in [7, 11) is 3.21. The number of rotatable bonds is 5. The molecule has 0 aliphatic rings. The zero-order valence-corrected chi connectivity index (χ0v) is 13.4. The first-order chi connectivity index (χ1) is 10.1. The van der Waals surface area contributed by atoms with Crippen LogP contribution in [0.2, 0.25) is 10.0 Å². The van der Waals surface area contributed by atoms with Crippen LogP contribution in [0.3, 0.4) is 0 Å². The molecule has 0 heterocycles. The van der Waals surface area contributed by atoms with E-state index in [0.717, 1.165) is 11.1 Å². The number of benzene rings is 2. The van der Waals surface area contributed by atoms with Gasteiger partial charge in [0.05, 0.1) is 14.2 Å². The molecule has 0 radical (unpaired) electrons. The number of ether oxygens (including phenoxy) is 2. The first-order valence-corrected chi connectivity index (χ1v) is 7.22. The summed E-state index contributed by atoms with van der Waals surface area (Å²) in [4.78, 5) is 0. The summed E-state index contributed by atoms with van der Waals surface area (Å²) in [5.74, 6) is 1.36. The monoisotopic (exact) mass is 325 g/mol. The van der Waals surface area contributed by atoms with Crippen LogP contribution in [0.25, 0.3) is 0 Å². The van der Waals surface area contributed by atoms with Crippen molar-refractivity contribution in [2.24, 2.45) is 5.73 Å². The Morgan fingerprint density at radius 1 is 1.00 bits per heavy atom. The van der Waals surface area contributed by atoms with Gasteiger partial charge >= 0.3 is 0 Å².